The summed E-state index contributed by atoms with van der Waals surface area (Å²) in [6, 6.07) is 42.3. The van der Waals surface area contributed by atoms with Crippen molar-refractivity contribution in [2.45, 2.75) is 33.6 Å². The van der Waals surface area contributed by atoms with E-state index in [0.29, 0.717) is 6.61 Å². The third-order valence-corrected chi connectivity index (χ3v) is 7.58. The Morgan fingerprint density at radius 2 is 1.09 bits per heavy atom. The van der Waals surface area contributed by atoms with Crippen LogP contribution in [0.5, 0.6) is 11.5 Å². The molecule has 6 heteroatoms. The standard InChI is InChI=1S/C28H25BrO3.C7H7BrO.2CH4/c1-30-26-15-11-23(12-16-26)28(22-8-4-3-5-9-22,24-13-17-27(31-2)18-14-24)32-20-21-7-6-10-25(29)19-21;8-7-3-1-2-6(4-7)5-9;;/h3-19H,20H2,1-2H3;1-4,9H,5H2;2*1H4/i;;1T;1D. The van der Waals surface area contributed by atoms with Gasteiger partial charge in [-0.25, -0.2) is 0 Å². The quantitative estimate of drug-likeness (QED) is 0.155. The van der Waals surface area contributed by atoms with Crippen LogP contribution in [0.3, 0.4) is 0 Å². The average Bonchev–Trinajstić information content (AvgIpc) is 3.11. The van der Waals surface area contributed by atoms with Crippen LogP contribution in [0.4, 0.5) is 0 Å². The summed E-state index contributed by atoms with van der Waals surface area (Å²) in [6.45, 7) is 0.547. The summed E-state index contributed by atoms with van der Waals surface area (Å²) in [5, 5.41) is 8.64. The minimum Gasteiger partial charge on any atom is -0.497 e. The molecule has 0 aliphatic carbocycles. The molecule has 0 aliphatic rings. The second-order valence-electron chi connectivity index (χ2n) is 9.21. The predicted octanol–water partition coefficient (Wildman–Crippen LogP) is 10.2. The van der Waals surface area contributed by atoms with Gasteiger partial charge in [-0.2, -0.15) is 0 Å². The Balaban J connectivity index is 0.000000458. The lowest BCUT2D eigenvalue weighted by Crippen LogP contribution is -2.32. The lowest BCUT2D eigenvalue weighted by Gasteiger charge is -2.36. The molecule has 0 saturated carbocycles. The molecule has 0 saturated heterocycles. The van der Waals surface area contributed by atoms with Gasteiger partial charge in [0.15, 0.2) is 0 Å². The number of aliphatic hydroxyl groups is 1. The highest BCUT2D eigenvalue weighted by atomic mass is 79.9. The first kappa shape index (κ1) is 32.5. The molecule has 5 aromatic rings. The zero-order valence-corrected chi connectivity index (χ0v) is 28.1. The lowest BCUT2D eigenvalue weighted by atomic mass is 9.80. The molecule has 1 N–H and O–H groups in total. The van der Waals surface area contributed by atoms with E-state index in [1.165, 1.54) is 14.8 Å². The van der Waals surface area contributed by atoms with Gasteiger partial charge in [0.05, 0.1) is 27.4 Å². The van der Waals surface area contributed by atoms with E-state index in [4.69, 9.17) is 22.1 Å². The highest BCUT2D eigenvalue weighted by Gasteiger charge is 2.38. The Morgan fingerprint density at radius 3 is 1.51 bits per heavy atom. The van der Waals surface area contributed by atoms with Gasteiger partial charge in [-0.1, -0.05) is 126 Å². The van der Waals surface area contributed by atoms with Gasteiger partial charge in [-0.15, -0.1) is 0 Å². The number of methoxy groups -OCH3 is 2. The van der Waals surface area contributed by atoms with Gasteiger partial charge < -0.3 is 19.3 Å². The molecule has 43 heavy (non-hydrogen) atoms. The van der Waals surface area contributed by atoms with Crippen LogP contribution in [-0.2, 0) is 23.6 Å². The number of aliphatic hydroxyl groups excluding tert-OH is 1. The van der Waals surface area contributed by atoms with Gasteiger partial charge >= 0.3 is 0 Å². The van der Waals surface area contributed by atoms with E-state index in [2.05, 4.69) is 80.4 Å². The van der Waals surface area contributed by atoms with Crippen LogP contribution in [0.15, 0.2) is 136 Å². The molecule has 0 aromatic heterocycles. The number of benzene rings is 5. The molecule has 0 bridgehead atoms. The fraction of sp³-hybridized carbons (Fsp3) is 0.189. The summed E-state index contributed by atoms with van der Waals surface area (Å²) >= 11 is 6.86. The van der Waals surface area contributed by atoms with Crippen molar-refractivity contribution >= 4 is 31.9 Å². The van der Waals surface area contributed by atoms with Crippen LogP contribution in [0.1, 0.15) is 45.4 Å². The Morgan fingerprint density at radius 1 is 0.651 bits per heavy atom. The van der Waals surface area contributed by atoms with E-state index in [1.807, 2.05) is 78.9 Å². The summed E-state index contributed by atoms with van der Waals surface area (Å²) in [6.07, 6.45) is 0. The zero-order chi connectivity index (χ0) is 33.1. The summed E-state index contributed by atoms with van der Waals surface area (Å²) in [5.74, 6) is 1.61. The van der Waals surface area contributed by atoms with Crippen molar-refractivity contribution in [3.05, 3.63) is 164 Å². The molecule has 0 amide bonds. The molecule has 5 aromatic carbocycles. The van der Waals surface area contributed by atoms with E-state index in [1.54, 1.807) is 14.2 Å². The Labute approximate surface area is 276 Å². The molecule has 226 valence electrons. The first-order chi connectivity index (χ1) is 22.0. The fourth-order valence-electron chi connectivity index (χ4n) is 4.53. The summed E-state index contributed by atoms with van der Waals surface area (Å²) in [4.78, 5) is 0. The van der Waals surface area contributed by atoms with E-state index in [-0.39, 0.29) is 6.61 Å². The molecule has 0 heterocycles. The van der Waals surface area contributed by atoms with Gasteiger partial charge in [0.2, 0.25) is 0 Å². The van der Waals surface area contributed by atoms with Gasteiger partial charge in [-0.3, -0.25) is 0 Å². The van der Waals surface area contributed by atoms with Crippen molar-refractivity contribution in [1.29, 1.82) is 0 Å². The Bertz CT molecular complexity index is 1470. The maximum Gasteiger partial charge on any atom is 0.144 e. The van der Waals surface area contributed by atoms with Crippen molar-refractivity contribution in [2.75, 3.05) is 14.2 Å². The molecular formula is C37H40Br2O4. The fourth-order valence-corrected chi connectivity index (χ4v) is 5.42. The second kappa shape index (κ2) is 17.6. The van der Waals surface area contributed by atoms with E-state index in [0.717, 1.165) is 48.3 Å². The minimum absolute atomic E-state index is 0.111. The third kappa shape index (κ3) is 9.28. The minimum atomic E-state index is -0.817. The van der Waals surface area contributed by atoms with Crippen LogP contribution >= 0.6 is 31.9 Å². The number of hydrogen-bond acceptors (Lipinski definition) is 4. The molecule has 0 fully saturated rings. The Kier molecular flexibility index (Phi) is 13.3. The van der Waals surface area contributed by atoms with Crippen LogP contribution < -0.4 is 9.47 Å². The van der Waals surface area contributed by atoms with E-state index < -0.39 is 5.60 Å². The molecule has 0 unspecified atom stereocenters. The van der Waals surface area contributed by atoms with Crippen LogP contribution in [-0.4, -0.2) is 19.3 Å². The van der Waals surface area contributed by atoms with Crippen molar-refractivity contribution in [2.24, 2.45) is 0 Å². The summed E-state index contributed by atoms with van der Waals surface area (Å²) in [7, 11) is 5.85. The number of ether oxygens (including phenoxy) is 3. The summed E-state index contributed by atoms with van der Waals surface area (Å²) in [5.41, 5.74) is 4.29. The second-order valence-corrected chi connectivity index (χ2v) is 11.0. The first-order valence-corrected chi connectivity index (χ1v) is 14.7. The van der Waals surface area contributed by atoms with Crippen molar-refractivity contribution in [3.63, 3.8) is 0 Å². The van der Waals surface area contributed by atoms with Crippen LogP contribution in [0, 0.1) is 0 Å². The van der Waals surface area contributed by atoms with Crippen molar-refractivity contribution in [1.82, 2.24) is 0 Å². The van der Waals surface area contributed by atoms with E-state index >= 15 is 0 Å². The predicted molar refractivity (Wildman–Crippen MR) is 185 cm³/mol. The molecule has 0 aliphatic heterocycles. The SMILES string of the molecule is COc1ccc(C(OCc2cccc(Br)c2)(c2ccccc2)c2ccc(OC)cc2)cc1.OCc1cccc(Br)c1.[2H]C.[3H]C. The maximum atomic E-state index is 8.64. The highest BCUT2D eigenvalue weighted by molar-refractivity contribution is 9.10. The van der Waals surface area contributed by atoms with Gasteiger partial charge in [-0.05, 0) is 76.3 Å². The normalized spacial score (nSPS) is 10.7. The molecule has 5 rings (SSSR count). The van der Waals surface area contributed by atoms with Crippen molar-refractivity contribution < 1.29 is 22.1 Å². The summed E-state index contributed by atoms with van der Waals surface area (Å²) < 4.78 is 31.2. The van der Waals surface area contributed by atoms with Crippen LogP contribution in [0.25, 0.3) is 0 Å². The zero-order valence-electron chi connectivity index (χ0n) is 27.0. The number of hydrogen-bond donors (Lipinski definition) is 1. The molecule has 4 nitrogen and oxygen atoms in total. The highest BCUT2D eigenvalue weighted by Crippen LogP contribution is 2.42. The van der Waals surface area contributed by atoms with E-state index in [9.17, 15) is 0 Å². The maximum absolute atomic E-state index is 8.64. The number of halogens is 2. The topological polar surface area (TPSA) is 47.9 Å². The van der Waals surface area contributed by atoms with Gasteiger partial charge in [0.25, 0.3) is 0 Å². The Hall–Kier alpha value is -3.42. The van der Waals surface area contributed by atoms with Gasteiger partial charge in [0.1, 0.15) is 17.1 Å². The molecule has 0 spiro atoms. The molecular weight excluding hydrogens is 668 g/mol. The van der Waals surface area contributed by atoms with Gasteiger partial charge in [0, 0.05) is 11.7 Å². The third-order valence-electron chi connectivity index (χ3n) is 6.59. The average molecular weight is 712 g/mol. The van der Waals surface area contributed by atoms with Crippen molar-refractivity contribution in [3.8, 4) is 11.5 Å². The number of rotatable bonds is 9. The monoisotopic (exact) mass is 709 g/mol. The molecule has 0 atom stereocenters. The first-order valence-electron chi connectivity index (χ1n) is 15.1. The largest absolute Gasteiger partial charge is 0.497 e. The van der Waals surface area contributed by atoms with Crippen LogP contribution in [0.2, 0.25) is 0 Å². The molecule has 0 radical (unpaired) electrons. The lowest BCUT2D eigenvalue weighted by molar-refractivity contribution is 0.000173. The smallest absolute Gasteiger partial charge is 0.144 e.